The zero-order valence-electron chi connectivity index (χ0n) is 51.8. The second-order valence-corrected chi connectivity index (χ2v) is 26.0. The van der Waals surface area contributed by atoms with Gasteiger partial charge in [-0.15, -0.1) is 0 Å². The van der Waals surface area contributed by atoms with Crippen LogP contribution in [0.3, 0.4) is 0 Å². The summed E-state index contributed by atoms with van der Waals surface area (Å²) in [6.07, 6.45) is 75.7. The van der Waals surface area contributed by atoms with Gasteiger partial charge in [0.2, 0.25) is 5.91 Å². The Labute approximate surface area is 474 Å². The van der Waals surface area contributed by atoms with Crippen molar-refractivity contribution in [3.63, 3.8) is 0 Å². The lowest BCUT2D eigenvalue weighted by molar-refractivity contribution is -0.870. The number of hydrogen-bond acceptors (Lipinski definition) is 5. The van der Waals surface area contributed by atoms with Crippen LogP contribution in [0.4, 0.5) is 0 Å². The number of carbonyl (C=O) groups is 1. The van der Waals surface area contributed by atoms with Crippen LogP contribution in [0.5, 0.6) is 0 Å². The first-order valence-corrected chi connectivity index (χ1v) is 35.2. The topological polar surface area (TPSA) is 105 Å². The van der Waals surface area contributed by atoms with Gasteiger partial charge in [-0.25, -0.2) is 4.57 Å². The van der Waals surface area contributed by atoms with Gasteiger partial charge in [0.1, 0.15) is 13.2 Å². The third-order valence-electron chi connectivity index (χ3n) is 15.7. The molecule has 0 saturated carbocycles. The molecule has 0 aromatic carbocycles. The number of unbranched alkanes of at least 4 members (excludes halogenated alkanes) is 46. The summed E-state index contributed by atoms with van der Waals surface area (Å²) >= 11 is 0. The number of quaternary nitrogens is 1. The van der Waals surface area contributed by atoms with Crippen molar-refractivity contribution >= 4 is 13.7 Å². The molecule has 452 valence electrons. The maximum Gasteiger partial charge on any atom is 0.472 e. The van der Waals surface area contributed by atoms with Crippen LogP contribution in [0.25, 0.3) is 0 Å². The van der Waals surface area contributed by atoms with E-state index >= 15 is 0 Å². The SMILES string of the molecule is CCCCCCCCCCCCCCCCC/C=C\C/C=C\CCCCCCCCCCCCCCCCCCCC(=O)NC(COP(=O)(O)OCC[N+](C)(C)C)C(O)CCCCCCCCCCCCCCCCC. The largest absolute Gasteiger partial charge is 0.472 e. The number of phosphoric acid groups is 1. The van der Waals surface area contributed by atoms with E-state index in [1.54, 1.807) is 0 Å². The molecule has 0 aliphatic rings. The monoisotopic (exact) mass is 1090 g/mol. The van der Waals surface area contributed by atoms with E-state index in [0.29, 0.717) is 23.9 Å². The van der Waals surface area contributed by atoms with Crippen molar-refractivity contribution < 1.29 is 32.9 Å². The van der Waals surface area contributed by atoms with E-state index in [-0.39, 0.29) is 19.1 Å². The third kappa shape index (κ3) is 60.6. The van der Waals surface area contributed by atoms with Gasteiger partial charge in [0.05, 0.1) is 39.9 Å². The van der Waals surface area contributed by atoms with E-state index in [9.17, 15) is 19.4 Å². The summed E-state index contributed by atoms with van der Waals surface area (Å²) in [5.41, 5.74) is 0. The van der Waals surface area contributed by atoms with Crippen molar-refractivity contribution in [1.29, 1.82) is 0 Å². The number of phosphoric ester groups is 1. The summed E-state index contributed by atoms with van der Waals surface area (Å²) in [6.45, 7) is 4.94. The molecular weight excluding hydrogens is 960 g/mol. The number of nitrogens with zero attached hydrogens (tertiary/aromatic N) is 1. The average Bonchev–Trinajstić information content (AvgIpc) is 3.38. The Balaban J connectivity index is 3.88. The summed E-state index contributed by atoms with van der Waals surface area (Å²) in [6, 6.07) is -0.759. The van der Waals surface area contributed by atoms with Crippen molar-refractivity contribution in [2.45, 2.75) is 360 Å². The number of aliphatic hydroxyl groups excluding tert-OH is 1. The Kier molecular flexibility index (Phi) is 57.8. The Bertz CT molecular complexity index is 1290. The maximum atomic E-state index is 13.0. The summed E-state index contributed by atoms with van der Waals surface area (Å²) in [7, 11) is 1.63. The fourth-order valence-corrected chi connectivity index (χ4v) is 11.2. The Morgan fingerprint density at radius 3 is 1.08 bits per heavy atom. The third-order valence-corrected chi connectivity index (χ3v) is 16.7. The van der Waals surface area contributed by atoms with Crippen molar-refractivity contribution in [2.75, 3.05) is 40.9 Å². The molecule has 3 N–H and O–H groups in total. The summed E-state index contributed by atoms with van der Waals surface area (Å²) in [4.78, 5) is 23.4. The Morgan fingerprint density at radius 2 is 0.750 bits per heavy atom. The van der Waals surface area contributed by atoms with Gasteiger partial charge >= 0.3 is 7.82 Å². The number of amides is 1. The molecule has 0 aromatic heterocycles. The van der Waals surface area contributed by atoms with Crippen LogP contribution in [0.15, 0.2) is 24.3 Å². The smallest absolute Gasteiger partial charge is 0.391 e. The molecule has 0 aromatic rings. The molecule has 0 aliphatic heterocycles. The molecule has 0 bridgehead atoms. The molecular formula is C67H134N2O6P+. The highest BCUT2D eigenvalue weighted by molar-refractivity contribution is 7.47. The molecule has 0 heterocycles. The highest BCUT2D eigenvalue weighted by Crippen LogP contribution is 2.43. The van der Waals surface area contributed by atoms with Gasteiger partial charge in [-0.3, -0.25) is 13.8 Å². The van der Waals surface area contributed by atoms with Crippen molar-refractivity contribution in [3.8, 4) is 0 Å². The van der Waals surface area contributed by atoms with Gasteiger partial charge in [0, 0.05) is 6.42 Å². The molecule has 0 saturated heterocycles. The first-order chi connectivity index (χ1) is 37.0. The van der Waals surface area contributed by atoms with Gasteiger partial charge in [-0.1, -0.05) is 321 Å². The minimum absolute atomic E-state index is 0.0769. The van der Waals surface area contributed by atoms with Crippen LogP contribution in [0.1, 0.15) is 348 Å². The van der Waals surface area contributed by atoms with E-state index in [0.717, 1.165) is 44.9 Å². The number of rotatable bonds is 63. The van der Waals surface area contributed by atoms with Crippen LogP contribution in [0, 0.1) is 0 Å². The molecule has 0 spiro atoms. The minimum Gasteiger partial charge on any atom is -0.391 e. The van der Waals surface area contributed by atoms with Gasteiger partial charge in [0.15, 0.2) is 0 Å². The molecule has 76 heavy (non-hydrogen) atoms. The molecule has 3 unspecified atom stereocenters. The van der Waals surface area contributed by atoms with Crippen molar-refractivity contribution in [1.82, 2.24) is 5.32 Å². The summed E-state index contributed by atoms with van der Waals surface area (Å²) in [5, 5.41) is 14.1. The first-order valence-electron chi connectivity index (χ1n) is 33.7. The molecule has 1 amide bonds. The van der Waals surface area contributed by atoms with Crippen molar-refractivity contribution in [3.05, 3.63) is 24.3 Å². The fourth-order valence-electron chi connectivity index (χ4n) is 10.4. The van der Waals surface area contributed by atoms with E-state index in [1.165, 1.54) is 276 Å². The fraction of sp³-hybridized carbons (Fsp3) is 0.925. The molecule has 9 heteroatoms. The lowest BCUT2D eigenvalue weighted by Gasteiger charge is -2.26. The summed E-state index contributed by atoms with van der Waals surface area (Å²) < 4.78 is 23.8. The maximum absolute atomic E-state index is 13.0. The zero-order valence-corrected chi connectivity index (χ0v) is 52.7. The number of carbonyl (C=O) groups excluding carboxylic acids is 1. The van der Waals surface area contributed by atoms with E-state index in [4.69, 9.17) is 9.05 Å². The number of allylic oxidation sites excluding steroid dienone is 4. The normalized spacial score (nSPS) is 13.8. The predicted octanol–water partition coefficient (Wildman–Crippen LogP) is 21.1. The van der Waals surface area contributed by atoms with Gasteiger partial charge < -0.3 is 19.8 Å². The van der Waals surface area contributed by atoms with E-state index < -0.39 is 20.0 Å². The number of aliphatic hydroxyl groups is 1. The predicted molar refractivity (Wildman–Crippen MR) is 332 cm³/mol. The highest BCUT2D eigenvalue weighted by atomic mass is 31.2. The molecule has 0 rings (SSSR count). The number of hydrogen-bond donors (Lipinski definition) is 3. The molecule has 8 nitrogen and oxygen atoms in total. The standard InChI is InChI=1S/C67H133N2O6P/c1-6-8-10-12-14-16-18-20-22-23-24-25-26-27-28-29-30-31-32-33-34-35-36-37-38-39-40-41-42-43-44-45-47-49-51-53-55-57-59-61-67(71)68-65(64-75-76(72,73)74-63-62-69(3,4)5)66(70)60-58-56-54-52-50-48-46-21-19-17-15-13-11-9-7-2/h30-31,33-34,65-66,70H,6-29,32,35-64H2,1-5H3,(H-,68,71,72,73)/p+1/b31-30-,34-33-. The van der Waals surface area contributed by atoms with Crippen LogP contribution >= 0.6 is 7.82 Å². The Hall–Kier alpha value is -1.02. The second-order valence-electron chi connectivity index (χ2n) is 24.6. The van der Waals surface area contributed by atoms with E-state index in [2.05, 4.69) is 43.5 Å². The zero-order chi connectivity index (χ0) is 55.6. The average molecular weight is 1090 g/mol. The minimum atomic E-state index is -4.32. The molecule has 0 radical (unpaired) electrons. The molecule has 0 fully saturated rings. The molecule has 3 atom stereocenters. The van der Waals surface area contributed by atoms with Gasteiger partial charge in [-0.2, -0.15) is 0 Å². The summed E-state index contributed by atoms with van der Waals surface area (Å²) in [5.74, 6) is -0.139. The van der Waals surface area contributed by atoms with Gasteiger partial charge in [-0.05, 0) is 44.9 Å². The number of likely N-dealkylation sites (N-methyl/N-ethyl adjacent to an activating group) is 1. The van der Waals surface area contributed by atoms with E-state index in [1.807, 2.05) is 21.1 Å². The molecule has 0 aliphatic carbocycles. The quantitative estimate of drug-likeness (QED) is 0.0243. The van der Waals surface area contributed by atoms with Crippen molar-refractivity contribution in [2.24, 2.45) is 0 Å². The van der Waals surface area contributed by atoms with Crippen LogP contribution in [0.2, 0.25) is 0 Å². The van der Waals surface area contributed by atoms with Crippen LogP contribution in [-0.4, -0.2) is 73.4 Å². The lowest BCUT2D eigenvalue weighted by atomic mass is 10.0. The van der Waals surface area contributed by atoms with Gasteiger partial charge in [0.25, 0.3) is 0 Å². The highest BCUT2D eigenvalue weighted by Gasteiger charge is 2.28. The van der Waals surface area contributed by atoms with Crippen LogP contribution in [-0.2, 0) is 18.4 Å². The van der Waals surface area contributed by atoms with Crippen LogP contribution < -0.4 is 5.32 Å². The number of nitrogens with one attached hydrogen (secondary N) is 1. The second kappa shape index (κ2) is 58.6. The lowest BCUT2D eigenvalue weighted by Crippen LogP contribution is -2.46. The Morgan fingerprint density at radius 1 is 0.447 bits per heavy atom. The first kappa shape index (κ1) is 75.0.